The number of hydrogen-bond acceptors (Lipinski definition) is 5. The van der Waals surface area contributed by atoms with Gasteiger partial charge in [0.2, 0.25) is 5.91 Å². The first-order valence-corrected chi connectivity index (χ1v) is 9.14. The molecule has 2 aliphatic heterocycles. The van der Waals surface area contributed by atoms with E-state index in [-0.39, 0.29) is 11.9 Å². The standard InChI is InChI=1S/C13H18ClN3OS2/c14-12-2-1-10(20-12)7-16-3-5-17(6-4-16)13(18)11-8-19-9-15-11/h1-2,11,15H,3-9H2/t11-/m0/s1. The quantitative estimate of drug-likeness (QED) is 0.914. The fourth-order valence-electron chi connectivity index (χ4n) is 2.56. The third kappa shape index (κ3) is 3.49. The predicted octanol–water partition coefficient (Wildman–Crippen LogP) is 1.71. The molecule has 0 radical (unpaired) electrons. The number of amides is 1. The molecule has 3 rings (SSSR count). The lowest BCUT2D eigenvalue weighted by molar-refractivity contribution is -0.134. The van der Waals surface area contributed by atoms with Crippen molar-refractivity contribution in [3.63, 3.8) is 0 Å². The van der Waals surface area contributed by atoms with Crippen LogP contribution in [0.5, 0.6) is 0 Å². The molecule has 2 saturated heterocycles. The van der Waals surface area contributed by atoms with E-state index in [1.807, 2.05) is 11.0 Å². The molecule has 0 bridgehead atoms. The van der Waals surface area contributed by atoms with Crippen molar-refractivity contribution < 1.29 is 4.79 Å². The molecule has 1 aromatic rings. The Morgan fingerprint density at radius 2 is 2.15 bits per heavy atom. The van der Waals surface area contributed by atoms with Crippen LogP contribution >= 0.6 is 34.7 Å². The fraction of sp³-hybridized carbons (Fsp3) is 0.615. The fourth-order valence-corrected chi connectivity index (χ4v) is 4.62. The zero-order chi connectivity index (χ0) is 13.9. The molecule has 3 heterocycles. The van der Waals surface area contributed by atoms with Crippen LogP contribution in [-0.4, -0.2) is 59.6 Å². The second-order valence-electron chi connectivity index (χ2n) is 5.08. The lowest BCUT2D eigenvalue weighted by Crippen LogP contribution is -2.53. The Kier molecular flexibility index (Phi) is 4.88. The molecule has 0 spiro atoms. The highest BCUT2D eigenvalue weighted by atomic mass is 35.5. The van der Waals surface area contributed by atoms with Gasteiger partial charge in [0.25, 0.3) is 0 Å². The van der Waals surface area contributed by atoms with Gasteiger partial charge in [0.05, 0.1) is 10.4 Å². The SMILES string of the molecule is O=C([C@@H]1CSCN1)N1CCN(Cc2ccc(Cl)s2)CC1. The van der Waals surface area contributed by atoms with E-state index in [0.717, 1.165) is 48.7 Å². The molecule has 20 heavy (non-hydrogen) atoms. The molecule has 1 aromatic heterocycles. The lowest BCUT2D eigenvalue weighted by atomic mass is 10.2. The highest BCUT2D eigenvalue weighted by Crippen LogP contribution is 2.23. The summed E-state index contributed by atoms with van der Waals surface area (Å²) < 4.78 is 0.846. The van der Waals surface area contributed by atoms with Crippen molar-refractivity contribution in [3.8, 4) is 0 Å². The summed E-state index contributed by atoms with van der Waals surface area (Å²) in [6, 6.07) is 4.07. The van der Waals surface area contributed by atoms with E-state index in [0.29, 0.717) is 0 Å². The molecule has 0 aliphatic carbocycles. The average molecular weight is 332 g/mol. The van der Waals surface area contributed by atoms with Crippen molar-refractivity contribution in [2.24, 2.45) is 0 Å². The predicted molar refractivity (Wildman–Crippen MR) is 85.4 cm³/mol. The summed E-state index contributed by atoms with van der Waals surface area (Å²) in [6.07, 6.45) is 0. The summed E-state index contributed by atoms with van der Waals surface area (Å²) in [5.41, 5.74) is 0. The summed E-state index contributed by atoms with van der Waals surface area (Å²) in [4.78, 5) is 18.0. The summed E-state index contributed by atoms with van der Waals surface area (Å²) >= 11 is 9.39. The average Bonchev–Trinajstić information content (AvgIpc) is 3.11. The van der Waals surface area contributed by atoms with E-state index in [1.165, 1.54) is 4.88 Å². The van der Waals surface area contributed by atoms with Crippen LogP contribution < -0.4 is 5.32 Å². The lowest BCUT2D eigenvalue weighted by Gasteiger charge is -2.35. The van der Waals surface area contributed by atoms with Crippen molar-refractivity contribution in [1.29, 1.82) is 0 Å². The molecule has 1 N–H and O–H groups in total. The molecular formula is C13H18ClN3OS2. The van der Waals surface area contributed by atoms with Crippen molar-refractivity contribution in [1.82, 2.24) is 15.1 Å². The van der Waals surface area contributed by atoms with Gasteiger partial charge in [-0.3, -0.25) is 15.0 Å². The number of carbonyl (C=O) groups is 1. The maximum Gasteiger partial charge on any atom is 0.240 e. The number of rotatable bonds is 3. The molecule has 4 nitrogen and oxygen atoms in total. The van der Waals surface area contributed by atoms with Gasteiger partial charge in [-0.05, 0) is 12.1 Å². The smallest absolute Gasteiger partial charge is 0.240 e. The number of piperazine rings is 1. The molecule has 0 unspecified atom stereocenters. The van der Waals surface area contributed by atoms with Crippen molar-refractivity contribution >= 4 is 40.6 Å². The van der Waals surface area contributed by atoms with Gasteiger partial charge in [-0.15, -0.1) is 23.1 Å². The molecule has 2 fully saturated rings. The number of thioether (sulfide) groups is 1. The molecule has 110 valence electrons. The van der Waals surface area contributed by atoms with Gasteiger partial charge in [0.1, 0.15) is 0 Å². The van der Waals surface area contributed by atoms with Crippen LogP contribution in [0.25, 0.3) is 0 Å². The number of hydrogen-bond donors (Lipinski definition) is 1. The van der Waals surface area contributed by atoms with Crippen molar-refractivity contribution in [3.05, 3.63) is 21.3 Å². The van der Waals surface area contributed by atoms with Crippen molar-refractivity contribution in [2.75, 3.05) is 37.8 Å². The minimum atomic E-state index is 0.0302. The van der Waals surface area contributed by atoms with Gasteiger partial charge in [-0.1, -0.05) is 11.6 Å². The van der Waals surface area contributed by atoms with E-state index in [4.69, 9.17) is 11.6 Å². The minimum Gasteiger partial charge on any atom is -0.339 e. The summed E-state index contributed by atoms with van der Waals surface area (Å²) in [7, 11) is 0. The second kappa shape index (κ2) is 6.66. The molecule has 7 heteroatoms. The molecule has 1 amide bonds. The zero-order valence-corrected chi connectivity index (χ0v) is 13.6. The van der Waals surface area contributed by atoms with Crippen LogP contribution in [0.1, 0.15) is 4.88 Å². The third-order valence-corrected chi connectivity index (χ3v) is 5.86. The monoisotopic (exact) mass is 331 g/mol. The molecule has 2 aliphatic rings. The summed E-state index contributed by atoms with van der Waals surface area (Å²) in [5, 5.41) is 3.25. The number of nitrogens with zero attached hydrogens (tertiary/aromatic N) is 2. The Morgan fingerprint density at radius 3 is 2.75 bits per heavy atom. The molecule has 1 atom stereocenters. The molecular weight excluding hydrogens is 314 g/mol. The van der Waals surface area contributed by atoms with Crippen molar-refractivity contribution in [2.45, 2.75) is 12.6 Å². The topological polar surface area (TPSA) is 35.6 Å². The first kappa shape index (κ1) is 14.7. The largest absolute Gasteiger partial charge is 0.339 e. The van der Waals surface area contributed by atoms with Gasteiger partial charge in [0.15, 0.2) is 0 Å². The zero-order valence-electron chi connectivity index (χ0n) is 11.2. The minimum absolute atomic E-state index is 0.0302. The van der Waals surface area contributed by atoms with Crippen LogP contribution in [-0.2, 0) is 11.3 Å². The molecule has 0 saturated carbocycles. The Bertz CT molecular complexity index is 468. The van der Waals surface area contributed by atoms with Gasteiger partial charge < -0.3 is 4.90 Å². The van der Waals surface area contributed by atoms with Crippen LogP contribution in [0.2, 0.25) is 4.34 Å². The second-order valence-corrected chi connectivity index (χ2v) is 7.91. The van der Waals surface area contributed by atoms with Gasteiger partial charge >= 0.3 is 0 Å². The number of halogens is 1. The van der Waals surface area contributed by atoms with Gasteiger partial charge in [0, 0.05) is 49.2 Å². The maximum atomic E-state index is 12.3. The Balaban J connectivity index is 1.48. The van der Waals surface area contributed by atoms with Gasteiger partial charge in [-0.2, -0.15) is 0 Å². The normalized spacial score (nSPS) is 24.2. The van der Waals surface area contributed by atoms with E-state index >= 15 is 0 Å². The van der Waals surface area contributed by atoms with E-state index < -0.39 is 0 Å². The Morgan fingerprint density at radius 1 is 1.35 bits per heavy atom. The Labute approximate surface area is 132 Å². The first-order chi connectivity index (χ1) is 9.72. The van der Waals surface area contributed by atoms with E-state index in [1.54, 1.807) is 23.1 Å². The first-order valence-electron chi connectivity index (χ1n) is 6.79. The highest BCUT2D eigenvalue weighted by molar-refractivity contribution is 7.99. The third-order valence-electron chi connectivity index (χ3n) is 3.71. The Hall–Kier alpha value is -0.270. The number of carbonyl (C=O) groups excluding carboxylic acids is 1. The van der Waals surface area contributed by atoms with Gasteiger partial charge in [-0.25, -0.2) is 0 Å². The maximum absolute atomic E-state index is 12.3. The van der Waals surface area contributed by atoms with E-state index in [2.05, 4.69) is 16.3 Å². The van der Waals surface area contributed by atoms with Crippen LogP contribution in [0.4, 0.5) is 0 Å². The van der Waals surface area contributed by atoms with Crippen LogP contribution in [0, 0.1) is 0 Å². The van der Waals surface area contributed by atoms with Crippen LogP contribution in [0.3, 0.4) is 0 Å². The summed E-state index contributed by atoms with van der Waals surface area (Å²) in [5.74, 6) is 2.08. The number of nitrogens with one attached hydrogen (secondary N) is 1. The summed E-state index contributed by atoms with van der Waals surface area (Å²) in [6.45, 7) is 4.50. The molecule has 0 aromatic carbocycles. The van der Waals surface area contributed by atoms with Crippen LogP contribution in [0.15, 0.2) is 12.1 Å². The highest BCUT2D eigenvalue weighted by Gasteiger charge is 2.29. The van der Waals surface area contributed by atoms with E-state index in [9.17, 15) is 4.79 Å². The number of thiophene rings is 1.